The van der Waals surface area contributed by atoms with Crippen LogP contribution in [-0.4, -0.2) is 5.71 Å². The van der Waals surface area contributed by atoms with Crippen molar-refractivity contribution in [2.45, 2.75) is 0 Å². The second-order valence-corrected chi connectivity index (χ2v) is 3.01. The summed E-state index contributed by atoms with van der Waals surface area (Å²) in [5.74, 6) is 0. The van der Waals surface area contributed by atoms with Crippen molar-refractivity contribution in [2.75, 3.05) is 0 Å². The van der Waals surface area contributed by atoms with Crippen LogP contribution in [0.2, 0.25) is 0 Å². The van der Waals surface area contributed by atoms with E-state index in [0.29, 0.717) is 10.7 Å². The Morgan fingerprint density at radius 2 is 2.22 bits per heavy atom. The van der Waals surface area contributed by atoms with Crippen molar-refractivity contribution in [1.82, 2.24) is 0 Å². The molecule has 1 nitrogen and oxygen atoms in total. The van der Waals surface area contributed by atoms with E-state index in [-0.39, 0.29) is 0 Å². The Kier molecular flexibility index (Phi) is 1.80. The van der Waals surface area contributed by atoms with Gasteiger partial charge in [-0.05, 0) is 22.6 Å². The molecule has 0 spiro atoms. The molecule has 0 saturated heterocycles. The highest BCUT2D eigenvalue weighted by molar-refractivity contribution is 14.1. The second-order valence-electron chi connectivity index (χ2n) is 1.55. The molecule has 1 aliphatic rings. The highest BCUT2D eigenvalue weighted by Crippen LogP contribution is 2.36. The van der Waals surface area contributed by atoms with E-state index in [1.165, 1.54) is 0 Å². The molecule has 0 saturated carbocycles. The Morgan fingerprint density at radius 1 is 1.67 bits per heavy atom. The Balaban J connectivity index is 3.21. The summed E-state index contributed by atoms with van der Waals surface area (Å²) in [5, 5.41) is 7.72. The van der Waals surface area contributed by atoms with Crippen LogP contribution in [0.15, 0.2) is 26.5 Å². The van der Waals surface area contributed by atoms with Gasteiger partial charge >= 0.3 is 0 Å². The number of hydrogen-bond donors (Lipinski definition) is 1. The van der Waals surface area contributed by atoms with Crippen molar-refractivity contribution in [3.05, 3.63) is 26.5 Å². The van der Waals surface area contributed by atoms with Gasteiger partial charge in [0.15, 0.2) is 0 Å². The third-order valence-electron chi connectivity index (χ3n) is 1.06. The molecule has 0 unspecified atom stereocenters. The van der Waals surface area contributed by atoms with Crippen molar-refractivity contribution in [2.24, 2.45) is 0 Å². The topological polar surface area (TPSA) is 23.9 Å². The maximum Gasteiger partial charge on any atom is 0.0898 e. The lowest BCUT2D eigenvalue weighted by atomic mass is 10.0. The van der Waals surface area contributed by atoms with Crippen LogP contribution in [0, 0.1) is 5.41 Å². The standard InChI is InChI=1S/C6H3ClIN/c1-2-3-5(8)4(7)6(3)9/h9H,1H2. The first kappa shape index (κ1) is 7.06. The van der Waals surface area contributed by atoms with Gasteiger partial charge in [-0.15, -0.1) is 5.73 Å². The minimum atomic E-state index is 0.357. The van der Waals surface area contributed by atoms with E-state index >= 15 is 0 Å². The summed E-state index contributed by atoms with van der Waals surface area (Å²) in [4.78, 5) is 0. The van der Waals surface area contributed by atoms with Gasteiger partial charge < -0.3 is 0 Å². The molecule has 46 valence electrons. The van der Waals surface area contributed by atoms with E-state index in [0.717, 1.165) is 9.15 Å². The molecule has 1 rings (SSSR count). The molecule has 0 fully saturated rings. The summed E-state index contributed by atoms with van der Waals surface area (Å²) in [6.45, 7) is 3.42. The van der Waals surface area contributed by atoms with Gasteiger partial charge in [0, 0.05) is 0 Å². The fourth-order valence-electron chi connectivity index (χ4n) is 0.542. The third-order valence-corrected chi connectivity index (χ3v) is 2.83. The number of nitrogens with one attached hydrogen (secondary N) is 1. The van der Waals surface area contributed by atoms with Crippen molar-refractivity contribution in [3.8, 4) is 0 Å². The third kappa shape index (κ3) is 0.874. The van der Waals surface area contributed by atoms with Crippen molar-refractivity contribution in [3.63, 3.8) is 0 Å². The SMILES string of the molecule is C=C=C1C(=N)C(Cl)=C1I. The van der Waals surface area contributed by atoms with Crippen LogP contribution in [0.25, 0.3) is 0 Å². The van der Waals surface area contributed by atoms with Gasteiger partial charge in [-0.25, -0.2) is 0 Å². The van der Waals surface area contributed by atoms with Gasteiger partial charge in [0.05, 0.1) is 19.9 Å². The first-order valence-electron chi connectivity index (χ1n) is 2.23. The lowest BCUT2D eigenvalue weighted by Gasteiger charge is -2.16. The Hall–Kier alpha value is -0.0500. The summed E-state index contributed by atoms with van der Waals surface area (Å²) < 4.78 is 0.897. The fraction of sp³-hybridized carbons (Fsp3) is 0. The molecule has 0 amide bonds. The lowest BCUT2D eigenvalue weighted by molar-refractivity contribution is 1.46. The van der Waals surface area contributed by atoms with E-state index in [9.17, 15) is 0 Å². The largest absolute Gasteiger partial charge is 0.298 e. The van der Waals surface area contributed by atoms with Crippen molar-refractivity contribution >= 4 is 39.9 Å². The molecule has 0 aromatic heterocycles. The molecule has 0 bridgehead atoms. The second kappa shape index (κ2) is 2.29. The average molecular weight is 251 g/mol. The van der Waals surface area contributed by atoms with E-state index in [1.54, 1.807) is 0 Å². The van der Waals surface area contributed by atoms with Gasteiger partial charge in [0.1, 0.15) is 0 Å². The molecule has 0 radical (unpaired) electrons. The highest BCUT2D eigenvalue weighted by atomic mass is 127. The molecule has 0 aliphatic heterocycles. The quantitative estimate of drug-likeness (QED) is 0.505. The van der Waals surface area contributed by atoms with Crippen LogP contribution in [0.4, 0.5) is 0 Å². The number of rotatable bonds is 0. The summed E-state index contributed by atoms with van der Waals surface area (Å²) in [5.41, 5.74) is 3.72. The van der Waals surface area contributed by atoms with E-state index < -0.39 is 0 Å². The molecule has 9 heavy (non-hydrogen) atoms. The van der Waals surface area contributed by atoms with E-state index in [2.05, 4.69) is 34.9 Å². The summed E-state index contributed by atoms with van der Waals surface area (Å²) in [7, 11) is 0. The zero-order chi connectivity index (χ0) is 7.02. The number of halogens is 2. The van der Waals surface area contributed by atoms with Crippen LogP contribution >= 0.6 is 34.2 Å². The average Bonchev–Trinajstić information content (AvgIpc) is 1.89. The molecule has 0 atom stereocenters. The Labute approximate surface area is 71.7 Å². The maximum absolute atomic E-state index is 7.19. The van der Waals surface area contributed by atoms with Gasteiger partial charge in [-0.1, -0.05) is 18.2 Å². The maximum atomic E-state index is 7.19. The smallest absolute Gasteiger partial charge is 0.0898 e. The van der Waals surface area contributed by atoms with Gasteiger partial charge in [-0.2, -0.15) is 0 Å². The minimum Gasteiger partial charge on any atom is -0.298 e. The van der Waals surface area contributed by atoms with Crippen LogP contribution in [0.1, 0.15) is 0 Å². The normalized spacial score (nSPS) is 17.6. The van der Waals surface area contributed by atoms with Gasteiger partial charge in [-0.3, -0.25) is 5.41 Å². The predicted molar refractivity (Wildman–Crippen MR) is 47.3 cm³/mol. The minimum absolute atomic E-state index is 0.357. The fourth-order valence-corrected chi connectivity index (χ4v) is 1.46. The molecule has 0 heterocycles. The van der Waals surface area contributed by atoms with Gasteiger partial charge in [0.25, 0.3) is 0 Å². The van der Waals surface area contributed by atoms with Crippen LogP contribution in [0.3, 0.4) is 0 Å². The predicted octanol–water partition coefficient (Wildman–Crippen LogP) is 2.62. The van der Waals surface area contributed by atoms with Crippen molar-refractivity contribution in [1.29, 1.82) is 5.41 Å². The van der Waals surface area contributed by atoms with Gasteiger partial charge in [0.2, 0.25) is 0 Å². The highest BCUT2D eigenvalue weighted by Gasteiger charge is 2.25. The van der Waals surface area contributed by atoms with Crippen LogP contribution in [0.5, 0.6) is 0 Å². The molecular weight excluding hydrogens is 248 g/mol. The van der Waals surface area contributed by atoms with Crippen LogP contribution < -0.4 is 0 Å². The van der Waals surface area contributed by atoms with E-state index in [1.807, 2.05) is 0 Å². The molecule has 0 aromatic carbocycles. The molecule has 1 N–H and O–H groups in total. The zero-order valence-corrected chi connectivity index (χ0v) is 7.38. The number of allylic oxidation sites excluding steroid dienone is 3. The Bertz CT molecular complexity index is 258. The molecule has 3 heteroatoms. The first-order valence-corrected chi connectivity index (χ1v) is 3.69. The Morgan fingerprint density at radius 3 is 2.44 bits per heavy atom. The summed E-state index contributed by atoms with van der Waals surface area (Å²) >= 11 is 7.65. The van der Waals surface area contributed by atoms with Crippen molar-refractivity contribution < 1.29 is 0 Å². The lowest BCUT2D eigenvalue weighted by Crippen LogP contribution is -2.13. The molecule has 0 aromatic rings. The molecule has 1 aliphatic carbocycles. The summed E-state index contributed by atoms with van der Waals surface area (Å²) in [6.07, 6.45) is 0. The molecular formula is C6H3ClIN. The summed E-state index contributed by atoms with van der Waals surface area (Å²) in [6, 6.07) is 0. The first-order chi connectivity index (χ1) is 4.18. The number of hydrogen-bond acceptors (Lipinski definition) is 1. The van der Waals surface area contributed by atoms with Crippen LogP contribution in [-0.2, 0) is 0 Å². The van der Waals surface area contributed by atoms with E-state index in [4.69, 9.17) is 17.0 Å². The monoisotopic (exact) mass is 251 g/mol. The zero-order valence-electron chi connectivity index (χ0n) is 4.46.